The van der Waals surface area contributed by atoms with Gasteiger partial charge in [-0.3, -0.25) is 4.79 Å². The van der Waals surface area contributed by atoms with Crippen LogP contribution in [0.1, 0.15) is 68.7 Å². The minimum Gasteiger partial charge on any atom is -0.354 e. The minimum atomic E-state index is -5.94. The first-order valence-corrected chi connectivity index (χ1v) is 12.0. The summed E-state index contributed by atoms with van der Waals surface area (Å²) in [4.78, 5) is 11.8. The average Bonchev–Trinajstić information content (AvgIpc) is 3.17. The van der Waals surface area contributed by atoms with Crippen molar-refractivity contribution < 1.29 is 30.9 Å². The summed E-state index contributed by atoms with van der Waals surface area (Å²) in [6, 6.07) is 12.4. The molecule has 3 aromatic rings. The molecule has 0 aliphatic carbocycles. The normalized spacial score (nSPS) is 13.2. The van der Waals surface area contributed by atoms with Gasteiger partial charge in [0.25, 0.3) is 9.84 Å². The van der Waals surface area contributed by atoms with Crippen molar-refractivity contribution in [2.45, 2.75) is 62.8 Å². The lowest BCUT2D eigenvalue weighted by atomic mass is 9.86. The van der Waals surface area contributed by atoms with Gasteiger partial charge in [-0.15, -0.1) is 0 Å². The average molecular weight is 494 g/mol. The molecule has 0 unspecified atom stereocenters. The number of halogens is 3. The van der Waals surface area contributed by atoms with E-state index in [0.29, 0.717) is 0 Å². The Morgan fingerprint density at radius 3 is 1.65 bits per heavy atom. The Morgan fingerprint density at radius 2 is 1.24 bits per heavy atom. The molecule has 9 heteroatoms. The molecule has 34 heavy (non-hydrogen) atoms. The molecule has 3 rings (SSSR count). The first-order valence-electron chi connectivity index (χ1n) is 10.5. The molecule has 0 saturated carbocycles. The van der Waals surface area contributed by atoms with Gasteiger partial charge >= 0.3 is 5.51 Å². The molecule has 5 nitrogen and oxygen atoms in total. The number of carbonyl (C=O) groups excluding carboxylic acids is 1. The maximum atomic E-state index is 13.6. The first-order chi connectivity index (χ1) is 15.4. The fraction of sp³-hybridized carbons (Fsp3) is 0.360. The molecule has 0 fully saturated rings. The summed E-state index contributed by atoms with van der Waals surface area (Å²) in [6.45, 7) is 11.8. The Hall–Kier alpha value is -2.94. The summed E-state index contributed by atoms with van der Waals surface area (Å²) in [7, 11) is -5.94. The molecule has 0 bridgehead atoms. The molecule has 1 heterocycles. The molecule has 0 N–H and O–H groups in total. The first kappa shape index (κ1) is 25.7. The molecular formula is C25H26F3NO4S. The smallest absolute Gasteiger partial charge is 0.354 e. The van der Waals surface area contributed by atoms with Crippen molar-refractivity contribution in [1.29, 1.82) is 0 Å². The van der Waals surface area contributed by atoms with Gasteiger partial charge < -0.3 is 4.52 Å². The van der Waals surface area contributed by atoms with Gasteiger partial charge in [0.15, 0.2) is 16.3 Å². The molecule has 2 aromatic carbocycles. The highest BCUT2D eigenvalue weighted by atomic mass is 32.2. The van der Waals surface area contributed by atoms with Crippen LogP contribution in [-0.2, 0) is 20.7 Å². The third kappa shape index (κ3) is 4.80. The van der Waals surface area contributed by atoms with Crippen molar-refractivity contribution in [2.75, 3.05) is 0 Å². The van der Waals surface area contributed by atoms with Gasteiger partial charge in [0.05, 0.1) is 0 Å². The fourth-order valence-corrected chi connectivity index (χ4v) is 4.37. The molecule has 0 radical (unpaired) electrons. The highest BCUT2D eigenvalue weighted by Crippen LogP contribution is 2.40. The van der Waals surface area contributed by atoms with Crippen LogP contribution in [0.25, 0.3) is 11.3 Å². The second kappa shape index (κ2) is 8.37. The van der Waals surface area contributed by atoms with E-state index >= 15 is 0 Å². The largest absolute Gasteiger partial charge is 0.502 e. The number of nitrogens with zero attached hydrogens (tertiary/aromatic N) is 1. The zero-order chi connectivity index (χ0) is 25.7. The molecule has 0 atom stereocenters. The van der Waals surface area contributed by atoms with Crippen molar-refractivity contribution in [3.63, 3.8) is 0 Å². The van der Waals surface area contributed by atoms with E-state index in [2.05, 4.69) is 5.16 Å². The number of sulfone groups is 1. The highest BCUT2D eigenvalue weighted by Gasteiger charge is 2.52. The monoisotopic (exact) mass is 493 g/mol. The number of carbonyl (C=O) groups is 1. The van der Waals surface area contributed by atoms with Crippen molar-refractivity contribution >= 4 is 15.6 Å². The third-order valence-electron chi connectivity index (χ3n) is 5.46. The van der Waals surface area contributed by atoms with Crippen LogP contribution in [0.5, 0.6) is 0 Å². The van der Waals surface area contributed by atoms with Crippen molar-refractivity contribution in [1.82, 2.24) is 5.16 Å². The lowest BCUT2D eigenvalue weighted by molar-refractivity contribution is -0.0436. The van der Waals surface area contributed by atoms with Gasteiger partial charge in [-0.1, -0.05) is 95.2 Å². The molecule has 0 amide bonds. The van der Waals surface area contributed by atoms with Gasteiger partial charge in [0, 0.05) is 11.1 Å². The van der Waals surface area contributed by atoms with Crippen LogP contribution in [-0.4, -0.2) is 24.9 Å². The Balaban J connectivity index is 2.18. The van der Waals surface area contributed by atoms with E-state index in [1.165, 1.54) is 24.3 Å². The maximum Gasteiger partial charge on any atom is 0.502 e. The fourth-order valence-electron chi connectivity index (χ4n) is 3.36. The van der Waals surface area contributed by atoms with E-state index in [1.54, 1.807) is 24.3 Å². The van der Waals surface area contributed by atoms with E-state index in [1.807, 2.05) is 41.5 Å². The van der Waals surface area contributed by atoms with Gasteiger partial charge in [0.2, 0.25) is 5.78 Å². The Labute approximate surface area is 196 Å². The lowest BCUT2D eigenvalue weighted by Gasteiger charge is -2.19. The third-order valence-corrected chi connectivity index (χ3v) is 6.99. The predicted molar refractivity (Wildman–Crippen MR) is 122 cm³/mol. The lowest BCUT2D eigenvalue weighted by Crippen LogP contribution is -2.25. The van der Waals surface area contributed by atoms with Gasteiger partial charge in [-0.25, -0.2) is 8.42 Å². The SMILES string of the molecule is CC(C)(C)c1ccc(C(=O)c2noc(-c3ccc(C(C)(C)C)cc3)c2S(=O)(=O)C(F)(F)F)cc1. The van der Waals surface area contributed by atoms with E-state index < -0.39 is 37.5 Å². The van der Waals surface area contributed by atoms with Crippen LogP contribution in [0.3, 0.4) is 0 Å². The van der Waals surface area contributed by atoms with E-state index in [4.69, 9.17) is 4.52 Å². The zero-order valence-corrected chi connectivity index (χ0v) is 20.6. The Kier molecular flexibility index (Phi) is 6.32. The molecule has 0 saturated heterocycles. The second-order valence-electron chi connectivity index (χ2n) is 10.1. The zero-order valence-electron chi connectivity index (χ0n) is 19.7. The molecule has 0 spiro atoms. The van der Waals surface area contributed by atoms with E-state index in [0.717, 1.165) is 11.1 Å². The summed E-state index contributed by atoms with van der Waals surface area (Å²) < 4.78 is 70.8. The van der Waals surface area contributed by atoms with Crippen molar-refractivity contribution in [3.8, 4) is 11.3 Å². The van der Waals surface area contributed by atoms with Crippen LogP contribution < -0.4 is 0 Å². The van der Waals surface area contributed by atoms with Gasteiger partial charge in [0.1, 0.15) is 0 Å². The van der Waals surface area contributed by atoms with Crippen LogP contribution >= 0.6 is 0 Å². The highest BCUT2D eigenvalue weighted by molar-refractivity contribution is 7.92. The van der Waals surface area contributed by atoms with Crippen molar-refractivity contribution in [2.24, 2.45) is 0 Å². The number of rotatable bonds is 4. The topological polar surface area (TPSA) is 77.2 Å². The standard InChI is InChI=1S/C25H26F3NO4S/c1-23(2,3)17-11-7-15(8-12-17)20(30)19-22(34(31,32)25(26,27)28)21(33-29-19)16-9-13-18(14-10-16)24(4,5)6/h7-14H,1-6H3. The van der Waals surface area contributed by atoms with Crippen LogP contribution in [0.2, 0.25) is 0 Å². The van der Waals surface area contributed by atoms with Gasteiger partial charge in [-0.05, 0) is 22.0 Å². The number of aromatic nitrogens is 1. The molecule has 0 aliphatic rings. The van der Waals surface area contributed by atoms with E-state index in [-0.39, 0.29) is 22.0 Å². The number of benzene rings is 2. The summed E-state index contributed by atoms with van der Waals surface area (Å²) in [5, 5.41) is 3.49. The van der Waals surface area contributed by atoms with Crippen LogP contribution in [0, 0.1) is 0 Å². The number of hydrogen-bond donors (Lipinski definition) is 0. The molecular weight excluding hydrogens is 467 g/mol. The van der Waals surface area contributed by atoms with Crippen molar-refractivity contribution in [3.05, 3.63) is 70.9 Å². The molecule has 182 valence electrons. The number of alkyl halides is 3. The second-order valence-corrected chi connectivity index (χ2v) is 12.0. The number of hydrogen-bond acceptors (Lipinski definition) is 5. The molecule has 0 aliphatic heterocycles. The number of ketones is 1. The summed E-state index contributed by atoms with van der Waals surface area (Å²) >= 11 is 0. The maximum absolute atomic E-state index is 13.6. The Bertz CT molecular complexity index is 1310. The summed E-state index contributed by atoms with van der Waals surface area (Å²) in [6.07, 6.45) is 0. The minimum absolute atomic E-state index is 0.00504. The van der Waals surface area contributed by atoms with Gasteiger partial charge in [-0.2, -0.15) is 13.2 Å². The summed E-state index contributed by atoms with van der Waals surface area (Å²) in [5.74, 6) is -1.61. The predicted octanol–water partition coefficient (Wildman–Crippen LogP) is 6.46. The quantitative estimate of drug-likeness (QED) is 0.390. The van der Waals surface area contributed by atoms with Crippen LogP contribution in [0.15, 0.2) is 57.9 Å². The Morgan fingerprint density at radius 1 is 0.794 bits per heavy atom. The van der Waals surface area contributed by atoms with Crippen LogP contribution in [0.4, 0.5) is 13.2 Å². The molecule has 1 aromatic heterocycles. The summed E-state index contributed by atoms with van der Waals surface area (Å²) in [5.41, 5.74) is -5.17. The van der Waals surface area contributed by atoms with E-state index in [9.17, 15) is 26.4 Å².